The van der Waals surface area contributed by atoms with Crippen molar-refractivity contribution in [3.05, 3.63) is 29.5 Å². The number of hydrogen-bond donors (Lipinski definition) is 2. The van der Waals surface area contributed by atoms with Gasteiger partial charge in [0.2, 0.25) is 0 Å². The number of allylic oxidation sites excluding steroid dienone is 1. The van der Waals surface area contributed by atoms with E-state index in [0.717, 1.165) is 29.7 Å². The van der Waals surface area contributed by atoms with Crippen LogP contribution in [0.2, 0.25) is 0 Å². The number of benzene rings is 1. The van der Waals surface area contributed by atoms with Crippen LogP contribution in [0.25, 0.3) is 5.57 Å². The van der Waals surface area contributed by atoms with Crippen molar-refractivity contribution in [2.24, 2.45) is 0 Å². The Labute approximate surface area is 161 Å². The number of anilines is 1. The van der Waals surface area contributed by atoms with Gasteiger partial charge in [0.05, 0.1) is 0 Å². The second-order valence-electron chi connectivity index (χ2n) is 7.33. The summed E-state index contributed by atoms with van der Waals surface area (Å²) in [5.74, 6) is 1.50. The van der Waals surface area contributed by atoms with Gasteiger partial charge in [-0.2, -0.15) is 0 Å². The Morgan fingerprint density at radius 2 is 2.15 bits per heavy atom. The second kappa shape index (κ2) is 8.35. The maximum absolute atomic E-state index is 7.90. The summed E-state index contributed by atoms with van der Waals surface area (Å²) in [6.45, 7) is 2.27. The molecule has 1 atom stereocenters. The highest BCUT2D eigenvalue weighted by Gasteiger charge is 2.26. The van der Waals surface area contributed by atoms with Crippen molar-refractivity contribution in [2.45, 2.75) is 44.7 Å². The molecule has 0 aromatic heterocycles. The normalized spacial score (nSPS) is 20.1. The second-order valence-corrected chi connectivity index (χ2v) is 8.55. The van der Waals surface area contributed by atoms with Crippen LogP contribution in [-0.4, -0.2) is 49.7 Å². The van der Waals surface area contributed by atoms with Gasteiger partial charge in [0.15, 0.2) is 0 Å². The predicted molar refractivity (Wildman–Crippen MR) is 112 cm³/mol. The van der Waals surface area contributed by atoms with Gasteiger partial charge in [0.1, 0.15) is 11.7 Å². The predicted octanol–water partition coefficient (Wildman–Crippen LogP) is 3.75. The van der Waals surface area contributed by atoms with Gasteiger partial charge in [-0.15, -0.1) is 0 Å². The van der Waals surface area contributed by atoms with Crippen molar-refractivity contribution in [1.82, 2.24) is 9.62 Å². The smallest absolute Gasteiger partial charge is 0.148 e. The fourth-order valence-corrected chi connectivity index (χ4v) is 3.59. The van der Waals surface area contributed by atoms with Gasteiger partial charge in [-0.25, -0.2) is 0 Å². The summed E-state index contributed by atoms with van der Waals surface area (Å²) >= 11 is 1.64. The number of nitrogens with one attached hydrogen (secondary N) is 2. The Balaban J connectivity index is 1.96. The van der Waals surface area contributed by atoms with Crippen LogP contribution in [0.15, 0.2) is 18.3 Å². The van der Waals surface area contributed by atoms with E-state index < -0.39 is 0 Å². The van der Waals surface area contributed by atoms with E-state index in [-0.39, 0.29) is 0 Å². The molecule has 0 radical (unpaired) electrons. The first-order chi connectivity index (χ1) is 12.5. The van der Waals surface area contributed by atoms with E-state index in [1.165, 1.54) is 30.3 Å². The van der Waals surface area contributed by atoms with Gasteiger partial charge in [0.25, 0.3) is 0 Å². The first-order valence-electron chi connectivity index (χ1n) is 9.30. The van der Waals surface area contributed by atoms with Crippen LogP contribution in [0.3, 0.4) is 0 Å². The largest absolute Gasteiger partial charge is 0.481 e. The van der Waals surface area contributed by atoms with Crippen molar-refractivity contribution in [3.63, 3.8) is 0 Å². The number of hydrogen-bond acceptors (Lipinski definition) is 6. The lowest BCUT2D eigenvalue weighted by Gasteiger charge is -2.35. The van der Waals surface area contributed by atoms with Crippen molar-refractivity contribution in [1.29, 1.82) is 5.41 Å². The third-order valence-electron chi connectivity index (χ3n) is 5.12. The van der Waals surface area contributed by atoms with Gasteiger partial charge >= 0.3 is 0 Å². The van der Waals surface area contributed by atoms with E-state index in [2.05, 4.69) is 36.3 Å². The highest BCUT2D eigenvalue weighted by Crippen LogP contribution is 2.40. The Kier molecular flexibility index (Phi) is 6.14. The van der Waals surface area contributed by atoms with E-state index in [1.807, 2.05) is 24.6 Å². The Bertz CT molecular complexity index is 685. The number of rotatable bonds is 8. The van der Waals surface area contributed by atoms with Gasteiger partial charge in [-0.3, -0.25) is 4.31 Å². The fraction of sp³-hybridized carbons (Fsp3) is 0.550. The van der Waals surface area contributed by atoms with Gasteiger partial charge in [-0.05, 0) is 70.8 Å². The monoisotopic (exact) mass is 374 g/mol. The maximum Gasteiger partial charge on any atom is 0.148 e. The zero-order valence-electron chi connectivity index (χ0n) is 16.2. The number of fused-ring (bicyclic) bond motifs is 1. The molecule has 1 saturated carbocycles. The summed E-state index contributed by atoms with van der Waals surface area (Å²) < 4.78 is 8.30. The lowest BCUT2D eigenvalue weighted by molar-refractivity contribution is 0.380. The van der Waals surface area contributed by atoms with Crippen molar-refractivity contribution in [3.8, 4) is 5.75 Å². The highest BCUT2D eigenvalue weighted by atomic mass is 32.2. The third kappa shape index (κ3) is 4.35. The van der Waals surface area contributed by atoms with E-state index in [0.29, 0.717) is 18.0 Å². The molecule has 26 heavy (non-hydrogen) atoms. The van der Waals surface area contributed by atoms with Crippen LogP contribution >= 0.6 is 11.9 Å². The number of ether oxygens (including phenoxy) is 1. The van der Waals surface area contributed by atoms with Crippen molar-refractivity contribution < 1.29 is 4.74 Å². The summed E-state index contributed by atoms with van der Waals surface area (Å²) in [5, 5.41) is 11.3. The SMILES string of the molecule is CC1CCc2c(ccc(/C(C=N)=C/NC3CC3)c2OCSN(C)C)N1C. The molecule has 1 unspecified atom stereocenters. The molecule has 142 valence electrons. The van der Waals surface area contributed by atoms with Crippen LogP contribution < -0.4 is 15.0 Å². The molecule has 5 nitrogen and oxygen atoms in total. The lowest BCUT2D eigenvalue weighted by Crippen LogP contribution is -2.33. The Morgan fingerprint density at radius 3 is 2.81 bits per heavy atom. The first kappa shape index (κ1) is 19.1. The molecule has 0 bridgehead atoms. The summed E-state index contributed by atoms with van der Waals surface area (Å²) in [6.07, 6.45) is 7.98. The Hall–Kier alpha value is -1.66. The molecule has 0 amide bonds. The van der Waals surface area contributed by atoms with E-state index in [9.17, 15) is 0 Å². The zero-order chi connectivity index (χ0) is 18.7. The molecule has 1 heterocycles. The fourth-order valence-electron chi connectivity index (χ4n) is 3.21. The molecule has 2 aliphatic rings. The standard InChI is InChI=1S/C20H30N4OS/c1-14-5-8-18-19(24(14)4)10-9-17(20(18)25-13-26-23(2)3)15(11-21)12-22-16-6-7-16/h9-12,14,16,21-22H,5-8,13H2,1-4H3/b15-12+,21-11?. The molecule has 3 rings (SSSR count). The summed E-state index contributed by atoms with van der Waals surface area (Å²) in [6, 6.07) is 5.39. The summed E-state index contributed by atoms with van der Waals surface area (Å²) in [5.41, 5.74) is 4.40. The van der Waals surface area contributed by atoms with Gasteiger partial charge in [-0.1, -0.05) is 0 Å². The van der Waals surface area contributed by atoms with Gasteiger partial charge < -0.3 is 20.4 Å². The quantitative estimate of drug-likeness (QED) is 0.412. The minimum atomic E-state index is 0.534. The molecule has 0 saturated heterocycles. The van der Waals surface area contributed by atoms with Crippen LogP contribution in [0.1, 0.15) is 37.3 Å². The molecule has 1 aromatic rings. The average Bonchev–Trinajstić information content (AvgIpc) is 3.43. The molecule has 1 aliphatic heterocycles. The molecule has 1 fully saturated rings. The highest BCUT2D eigenvalue weighted by molar-refractivity contribution is 7.96. The third-order valence-corrected chi connectivity index (χ3v) is 5.86. The van der Waals surface area contributed by atoms with E-state index in [4.69, 9.17) is 10.1 Å². The number of nitrogens with zero attached hydrogens (tertiary/aromatic N) is 2. The molecular weight excluding hydrogens is 344 g/mol. The van der Waals surface area contributed by atoms with Crippen LogP contribution in [0, 0.1) is 5.41 Å². The molecule has 1 aliphatic carbocycles. The zero-order valence-corrected chi connectivity index (χ0v) is 17.0. The van der Waals surface area contributed by atoms with E-state index >= 15 is 0 Å². The minimum Gasteiger partial charge on any atom is -0.481 e. The first-order valence-corrected chi connectivity index (χ1v) is 10.2. The van der Waals surface area contributed by atoms with Crippen LogP contribution in [-0.2, 0) is 6.42 Å². The van der Waals surface area contributed by atoms with Crippen LogP contribution in [0.4, 0.5) is 5.69 Å². The molecular formula is C20H30N4OS. The molecule has 1 aromatic carbocycles. The summed E-state index contributed by atoms with van der Waals surface area (Å²) in [7, 11) is 6.20. The molecule has 0 spiro atoms. The maximum atomic E-state index is 7.90. The average molecular weight is 375 g/mol. The van der Waals surface area contributed by atoms with E-state index in [1.54, 1.807) is 11.9 Å². The lowest BCUT2D eigenvalue weighted by atomic mass is 9.92. The Morgan fingerprint density at radius 1 is 1.38 bits per heavy atom. The van der Waals surface area contributed by atoms with Gasteiger partial charge in [0, 0.05) is 53.9 Å². The molecule has 2 N–H and O–H groups in total. The van der Waals surface area contributed by atoms with Crippen molar-refractivity contribution >= 4 is 29.4 Å². The van der Waals surface area contributed by atoms with Crippen molar-refractivity contribution in [2.75, 3.05) is 32.0 Å². The summed E-state index contributed by atoms with van der Waals surface area (Å²) in [4.78, 5) is 2.34. The molecule has 6 heteroatoms. The topological polar surface area (TPSA) is 51.6 Å². The minimum absolute atomic E-state index is 0.534. The van der Waals surface area contributed by atoms with Crippen LogP contribution in [0.5, 0.6) is 5.75 Å².